The van der Waals surface area contributed by atoms with Crippen LogP contribution in [0.2, 0.25) is 0 Å². The Kier molecular flexibility index (Phi) is 4.10. The van der Waals surface area contributed by atoms with Crippen molar-refractivity contribution in [1.29, 1.82) is 0 Å². The smallest absolute Gasteiger partial charge is 0.0726 e. The van der Waals surface area contributed by atoms with Crippen LogP contribution in [0.25, 0.3) is 0 Å². The largest absolute Gasteiger partial charge is 0.285 e. The maximum atomic E-state index is 4.65. The summed E-state index contributed by atoms with van der Waals surface area (Å²) in [5, 5.41) is 0. The lowest BCUT2D eigenvalue weighted by atomic mass is 9.95. The number of pyridine rings is 1. The van der Waals surface area contributed by atoms with Crippen molar-refractivity contribution in [2.45, 2.75) is 33.7 Å². The van der Waals surface area contributed by atoms with Crippen molar-refractivity contribution >= 4 is 6.21 Å². The van der Waals surface area contributed by atoms with Crippen LogP contribution in [0.1, 0.15) is 40.8 Å². The first-order chi connectivity index (χ1) is 9.08. The van der Waals surface area contributed by atoms with Crippen molar-refractivity contribution in [2.75, 3.05) is 0 Å². The van der Waals surface area contributed by atoms with E-state index in [1.54, 1.807) is 6.20 Å². The third-order valence-corrected chi connectivity index (χ3v) is 3.29. The molecule has 0 saturated carbocycles. The van der Waals surface area contributed by atoms with Crippen molar-refractivity contribution in [3.63, 3.8) is 0 Å². The summed E-state index contributed by atoms with van der Waals surface area (Å²) < 4.78 is 0. The quantitative estimate of drug-likeness (QED) is 0.752. The third-order valence-electron chi connectivity index (χ3n) is 3.29. The minimum Gasteiger partial charge on any atom is -0.285 e. The Bertz CT molecular complexity index is 562. The predicted molar refractivity (Wildman–Crippen MR) is 80.9 cm³/mol. The van der Waals surface area contributed by atoms with E-state index in [4.69, 9.17) is 0 Å². The summed E-state index contributed by atoms with van der Waals surface area (Å²) in [5.41, 5.74) is 6.30. The van der Waals surface area contributed by atoms with Gasteiger partial charge in [0.15, 0.2) is 0 Å². The Labute approximate surface area is 115 Å². The van der Waals surface area contributed by atoms with E-state index in [-0.39, 0.29) is 6.04 Å². The Hall–Kier alpha value is -1.96. The standard InChI is InChI=1S/C17H20N2/c1-12-8-13(2)17(14(3)9-12)15(4)19-11-16-6-5-7-18-10-16/h5-11,15H,1-4H3/t15-/m0/s1. The SMILES string of the molecule is Cc1cc(C)c([C@H](C)N=Cc2cccnc2)c(C)c1. The number of aryl methyl sites for hydroxylation is 3. The van der Waals surface area contributed by atoms with E-state index in [9.17, 15) is 0 Å². The summed E-state index contributed by atoms with van der Waals surface area (Å²) >= 11 is 0. The summed E-state index contributed by atoms with van der Waals surface area (Å²) in [6.07, 6.45) is 5.50. The van der Waals surface area contributed by atoms with E-state index in [0.717, 1.165) is 5.56 Å². The average molecular weight is 252 g/mol. The molecule has 2 nitrogen and oxygen atoms in total. The molecular formula is C17H20N2. The van der Waals surface area contributed by atoms with Gasteiger partial charge in [-0.1, -0.05) is 23.8 Å². The maximum Gasteiger partial charge on any atom is 0.0726 e. The van der Waals surface area contributed by atoms with E-state index in [0.29, 0.717) is 0 Å². The summed E-state index contributed by atoms with van der Waals surface area (Å²) in [6, 6.07) is 8.55. The van der Waals surface area contributed by atoms with E-state index < -0.39 is 0 Å². The Morgan fingerprint density at radius 2 is 1.84 bits per heavy atom. The van der Waals surface area contributed by atoms with Crippen molar-refractivity contribution in [2.24, 2.45) is 4.99 Å². The number of hydrogen-bond acceptors (Lipinski definition) is 2. The van der Waals surface area contributed by atoms with Crippen LogP contribution < -0.4 is 0 Å². The first-order valence-electron chi connectivity index (χ1n) is 6.59. The predicted octanol–water partition coefficient (Wildman–Crippen LogP) is 4.19. The molecule has 0 amide bonds. The zero-order chi connectivity index (χ0) is 13.8. The molecule has 1 aromatic heterocycles. The highest BCUT2D eigenvalue weighted by molar-refractivity contribution is 5.79. The minimum absolute atomic E-state index is 0.167. The molecule has 0 spiro atoms. The molecule has 0 aliphatic rings. The second-order valence-corrected chi connectivity index (χ2v) is 5.05. The Morgan fingerprint density at radius 3 is 2.42 bits per heavy atom. The van der Waals surface area contributed by atoms with Gasteiger partial charge in [0.05, 0.1) is 6.04 Å². The maximum absolute atomic E-state index is 4.65. The highest BCUT2D eigenvalue weighted by Crippen LogP contribution is 2.25. The zero-order valence-electron chi connectivity index (χ0n) is 12.0. The molecule has 1 heterocycles. The number of aliphatic imine (C=N–C) groups is 1. The second kappa shape index (κ2) is 5.79. The fourth-order valence-corrected chi connectivity index (χ4v) is 2.57. The second-order valence-electron chi connectivity index (χ2n) is 5.05. The number of nitrogens with zero attached hydrogens (tertiary/aromatic N) is 2. The number of aromatic nitrogens is 1. The molecule has 19 heavy (non-hydrogen) atoms. The van der Waals surface area contributed by atoms with Gasteiger partial charge in [-0.3, -0.25) is 9.98 Å². The average Bonchev–Trinajstić information content (AvgIpc) is 2.36. The monoisotopic (exact) mass is 252 g/mol. The van der Waals surface area contributed by atoms with Crippen LogP contribution in [-0.2, 0) is 0 Å². The molecule has 0 saturated heterocycles. The molecule has 98 valence electrons. The summed E-state index contributed by atoms with van der Waals surface area (Å²) in [5.74, 6) is 0. The number of hydrogen-bond donors (Lipinski definition) is 0. The third kappa shape index (κ3) is 3.28. The van der Waals surface area contributed by atoms with Crippen LogP contribution in [0.5, 0.6) is 0 Å². The van der Waals surface area contributed by atoms with Crippen LogP contribution in [-0.4, -0.2) is 11.2 Å². The van der Waals surface area contributed by atoms with Crippen molar-refractivity contribution < 1.29 is 0 Å². The molecule has 0 N–H and O–H groups in total. The van der Waals surface area contributed by atoms with E-state index in [1.807, 2.05) is 24.5 Å². The summed E-state index contributed by atoms with van der Waals surface area (Å²) in [6.45, 7) is 8.59. The first kappa shape index (κ1) is 13.5. The molecule has 2 rings (SSSR count). The van der Waals surface area contributed by atoms with Gasteiger partial charge in [0.1, 0.15) is 0 Å². The van der Waals surface area contributed by atoms with Gasteiger partial charge in [-0.05, 0) is 50.5 Å². The lowest BCUT2D eigenvalue weighted by molar-refractivity contribution is 0.807. The van der Waals surface area contributed by atoms with Gasteiger partial charge in [0.25, 0.3) is 0 Å². The fourth-order valence-electron chi connectivity index (χ4n) is 2.57. The number of rotatable bonds is 3. The lowest BCUT2D eigenvalue weighted by Gasteiger charge is -2.15. The van der Waals surface area contributed by atoms with Gasteiger partial charge in [-0.2, -0.15) is 0 Å². The summed E-state index contributed by atoms with van der Waals surface area (Å²) in [4.78, 5) is 8.74. The van der Waals surface area contributed by atoms with Gasteiger partial charge < -0.3 is 0 Å². The lowest BCUT2D eigenvalue weighted by Crippen LogP contribution is -1.99. The van der Waals surface area contributed by atoms with Crippen molar-refractivity contribution in [3.8, 4) is 0 Å². The van der Waals surface area contributed by atoms with E-state index >= 15 is 0 Å². The molecule has 0 fully saturated rings. The van der Waals surface area contributed by atoms with Gasteiger partial charge in [-0.25, -0.2) is 0 Å². The molecule has 0 bridgehead atoms. The molecular weight excluding hydrogens is 232 g/mol. The van der Waals surface area contributed by atoms with Crippen LogP contribution >= 0.6 is 0 Å². The Morgan fingerprint density at radius 1 is 1.16 bits per heavy atom. The molecule has 1 aromatic carbocycles. The zero-order valence-corrected chi connectivity index (χ0v) is 12.0. The van der Waals surface area contributed by atoms with Gasteiger partial charge in [0, 0.05) is 24.2 Å². The molecule has 2 aromatic rings. The van der Waals surface area contributed by atoms with Crippen LogP contribution in [0, 0.1) is 20.8 Å². The van der Waals surface area contributed by atoms with E-state index in [1.165, 1.54) is 22.3 Å². The van der Waals surface area contributed by atoms with Gasteiger partial charge in [0.2, 0.25) is 0 Å². The number of benzene rings is 1. The van der Waals surface area contributed by atoms with Crippen LogP contribution in [0.4, 0.5) is 0 Å². The van der Waals surface area contributed by atoms with Crippen LogP contribution in [0.3, 0.4) is 0 Å². The van der Waals surface area contributed by atoms with Crippen molar-refractivity contribution in [1.82, 2.24) is 4.98 Å². The molecule has 0 aliphatic heterocycles. The fraction of sp³-hybridized carbons (Fsp3) is 0.294. The first-order valence-corrected chi connectivity index (χ1v) is 6.59. The van der Waals surface area contributed by atoms with Crippen LogP contribution in [0.15, 0.2) is 41.7 Å². The van der Waals surface area contributed by atoms with E-state index in [2.05, 4.69) is 49.8 Å². The molecule has 0 radical (unpaired) electrons. The topological polar surface area (TPSA) is 25.2 Å². The normalized spacial score (nSPS) is 12.8. The van der Waals surface area contributed by atoms with Gasteiger partial charge >= 0.3 is 0 Å². The van der Waals surface area contributed by atoms with Gasteiger partial charge in [-0.15, -0.1) is 0 Å². The minimum atomic E-state index is 0.167. The Balaban J connectivity index is 2.26. The molecule has 2 heteroatoms. The molecule has 0 unspecified atom stereocenters. The summed E-state index contributed by atoms with van der Waals surface area (Å²) in [7, 11) is 0. The molecule has 0 aliphatic carbocycles. The highest BCUT2D eigenvalue weighted by atomic mass is 14.8. The van der Waals surface area contributed by atoms with Crippen molar-refractivity contribution in [3.05, 3.63) is 64.5 Å². The molecule has 1 atom stereocenters. The highest BCUT2D eigenvalue weighted by Gasteiger charge is 2.10.